The van der Waals surface area contributed by atoms with E-state index in [0.717, 1.165) is 12.1 Å². The van der Waals surface area contributed by atoms with E-state index in [9.17, 15) is 24.1 Å². The molecule has 0 aliphatic heterocycles. The Labute approximate surface area is 159 Å². The van der Waals surface area contributed by atoms with Crippen molar-refractivity contribution in [2.24, 2.45) is 0 Å². The molecule has 0 aliphatic carbocycles. The van der Waals surface area contributed by atoms with Gasteiger partial charge in [-0.25, -0.2) is 9.18 Å². The lowest BCUT2D eigenvalue weighted by molar-refractivity contribution is -0.384. The fourth-order valence-electron chi connectivity index (χ4n) is 2.13. The number of rotatable bonds is 8. The average molecular weight is 392 g/mol. The number of benzene rings is 2. The topological polar surface area (TPSA) is 117 Å². The van der Waals surface area contributed by atoms with Gasteiger partial charge in [0.2, 0.25) is 0 Å². The molecule has 1 N–H and O–H groups in total. The van der Waals surface area contributed by atoms with E-state index in [0.29, 0.717) is 0 Å². The fourth-order valence-corrected chi connectivity index (χ4v) is 2.13. The number of hydrogen-bond acceptors (Lipinski definition) is 7. The van der Waals surface area contributed by atoms with Crippen LogP contribution in [0.1, 0.15) is 6.92 Å². The summed E-state index contributed by atoms with van der Waals surface area (Å²) in [6.45, 7) is 0.792. The van der Waals surface area contributed by atoms with Crippen LogP contribution in [0.2, 0.25) is 0 Å². The van der Waals surface area contributed by atoms with Crippen LogP contribution in [0.4, 0.5) is 15.8 Å². The van der Waals surface area contributed by atoms with E-state index < -0.39 is 35.3 Å². The monoisotopic (exact) mass is 392 g/mol. The third-order valence-corrected chi connectivity index (χ3v) is 3.48. The number of anilines is 1. The van der Waals surface area contributed by atoms with Crippen LogP contribution in [0, 0.1) is 15.9 Å². The first kappa shape index (κ1) is 20.6. The molecule has 0 saturated carbocycles. The third-order valence-electron chi connectivity index (χ3n) is 3.48. The molecule has 28 heavy (non-hydrogen) atoms. The minimum absolute atomic E-state index is 0.0561. The van der Waals surface area contributed by atoms with E-state index in [-0.39, 0.29) is 22.9 Å². The van der Waals surface area contributed by atoms with E-state index in [2.05, 4.69) is 5.32 Å². The number of halogens is 1. The molecule has 0 saturated heterocycles. The fraction of sp³-hybridized carbons (Fsp3) is 0.222. The van der Waals surface area contributed by atoms with E-state index in [4.69, 9.17) is 14.2 Å². The molecule has 2 aromatic carbocycles. The summed E-state index contributed by atoms with van der Waals surface area (Å²) >= 11 is 0. The Balaban J connectivity index is 1.94. The Morgan fingerprint density at radius 2 is 2.00 bits per heavy atom. The number of esters is 1. The van der Waals surface area contributed by atoms with Crippen LogP contribution in [0.25, 0.3) is 0 Å². The molecule has 0 bridgehead atoms. The number of carbonyl (C=O) groups is 2. The first-order valence-electron chi connectivity index (χ1n) is 8.01. The predicted octanol–water partition coefficient (Wildman–Crippen LogP) is 2.69. The second-order valence-corrected chi connectivity index (χ2v) is 5.51. The zero-order valence-corrected chi connectivity index (χ0v) is 15.0. The summed E-state index contributed by atoms with van der Waals surface area (Å²) in [6.07, 6.45) is -1.22. The highest BCUT2D eigenvalue weighted by Gasteiger charge is 2.21. The van der Waals surface area contributed by atoms with Gasteiger partial charge < -0.3 is 19.5 Å². The SMILES string of the molecule is COc1ccc([N+](=O)[O-])cc1NC(=O)C(C)OC(=O)COc1cccc(F)c1. The second-order valence-electron chi connectivity index (χ2n) is 5.51. The molecule has 0 fully saturated rings. The molecule has 1 unspecified atom stereocenters. The number of nitro groups is 1. The number of nitrogens with one attached hydrogen (secondary N) is 1. The van der Waals surface area contributed by atoms with Crippen LogP contribution in [-0.4, -0.2) is 36.6 Å². The van der Waals surface area contributed by atoms with Crippen LogP contribution in [0.5, 0.6) is 11.5 Å². The van der Waals surface area contributed by atoms with E-state index in [1.165, 1.54) is 44.4 Å². The molecule has 0 aromatic heterocycles. The number of nitrogens with zero attached hydrogens (tertiary/aromatic N) is 1. The number of ether oxygens (including phenoxy) is 3. The van der Waals surface area contributed by atoms with Crippen molar-refractivity contribution in [2.75, 3.05) is 19.0 Å². The highest BCUT2D eigenvalue weighted by molar-refractivity contribution is 5.96. The number of methoxy groups -OCH3 is 1. The lowest BCUT2D eigenvalue weighted by Crippen LogP contribution is -2.31. The molecule has 0 heterocycles. The van der Waals surface area contributed by atoms with Gasteiger partial charge in [-0.05, 0) is 25.1 Å². The molecule has 9 nitrogen and oxygen atoms in total. The van der Waals surface area contributed by atoms with Gasteiger partial charge in [0.1, 0.15) is 17.3 Å². The molecule has 0 spiro atoms. The van der Waals surface area contributed by atoms with Crippen LogP contribution >= 0.6 is 0 Å². The molecule has 0 radical (unpaired) electrons. The van der Waals surface area contributed by atoms with Gasteiger partial charge in [0, 0.05) is 18.2 Å². The third kappa shape index (κ3) is 5.66. The van der Waals surface area contributed by atoms with Crippen molar-refractivity contribution in [3.05, 3.63) is 58.4 Å². The van der Waals surface area contributed by atoms with Gasteiger partial charge in [0.25, 0.3) is 11.6 Å². The van der Waals surface area contributed by atoms with Crippen LogP contribution in [0.15, 0.2) is 42.5 Å². The maximum absolute atomic E-state index is 13.1. The van der Waals surface area contributed by atoms with Crippen molar-refractivity contribution in [3.63, 3.8) is 0 Å². The average Bonchev–Trinajstić information content (AvgIpc) is 2.66. The van der Waals surface area contributed by atoms with Crippen LogP contribution in [0.3, 0.4) is 0 Å². The first-order chi connectivity index (χ1) is 13.3. The molecule has 0 aliphatic rings. The first-order valence-corrected chi connectivity index (χ1v) is 8.01. The van der Waals surface area contributed by atoms with Crippen LogP contribution < -0.4 is 14.8 Å². The van der Waals surface area contributed by atoms with Gasteiger partial charge in [-0.2, -0.15) is 0 Å². The Bertz CT molecular complexity index is 888. The maximum atomic E-state index is 13.1. The predicted molar refractivity (Wildman–Crippen MR) is 95.7 cm³/mol. The summed E-state index contributed by atoms with van der Waals surface area (Å²) in [5.41, 5.74) is -0.190. The molecule has 10 heteroatoms. The van der Waals surface area contributed by atoms with Gasteiger partial charge in [-0.15, -0.1) is 0 Å². The van der Waals surface area contributed by atoms with Crippen molar-refractivity contribution in [1.29, 1.82) is 0 Å². The lowest BCUT2D eigenvalue weighted by Gasteiger charge is -2.15. The van der Waals surface area contributed by atoms with Crippen molar-refractivity contribution >= 4 is 23.3 Å². The quantitative estimate of drug-likeness (QED) is 0.417. The zero-order valence-electron chi connectivity index (χ0n) is 15.0. The molecule has 2 aromatic rings. The van der Waals surface area contributed by atoms with Crippen molar-refractivity contribution in [1.82, 2.24) is 0 Å². The van der Waals surface area contributed by atoms with Gasteiger partial charge >= 0.3 is 5.97 Å². The lowest BCUT2D eigenvalue weighted by atomic mass is 10.2. The van der Waals surface area contributed by atoms with Gasteiger partial charge in [-0.3, -0.25) is 14.9 Å². The van der Waals surface area contributed by atoms with E-state index in [1.54, 1.807) is 0 Å². The summed E-state index contributed by atoms with van der Waals surface area (Å²) in [5.74, 6) is -1.76. The number of non-ortho nitro benzene ring substituents is 1. The normalized spacial score (nSPS) is 11.2. The minimum atomic E-state index is -1.22. The Kier molecular flexibility index (Phi) is 6.85. The Morgan fingerprint density at radius 3 is 2.64 bits per heavy atom. The highest BCUT2D eigenvalue weighted by atomic mass is 19.1. The minimum Gasteiger partial charge on any atom is -0.495 e. The van der Waals surface area contributed by atoms with Crippen LogP contribution in [-0.2, 0) is 14.3 Å². The second kappa shape index (κ2) is 9.31. The van der Waals surface area contributed by atoms with Gasteiger partial charge in [-0.1, -0.05) is 6.07 Å². The zero-order chi connectivity index (χ0) is 20.7. The van der Waals surface area contributed by atoms with Gasteiger partial charge in [0.15, 0.2) is 12.7 Å². The van der Waals surface area contributed by atoms with E-state index in [1.807, 2.05) is 0 Å². The standard InChI is InChI=1S/C18H17FN2O7/c1-11(28-17(22)10-27-14-5-3-4-12(19)8-14)18(23)20-15-9-13(21(24)25)6-7-16(15)26-2/h3-9,11H,10H2,1-2H3,(H,20,23). The summed E-state index contributed by atoms with van der Waals surface area (Å²) in [4.78, 5) is 34.3. The molecular formula is C18H17FN2O7. The van der Waals surface area contributed by atoms with Crippen molar-refractivity contribution < 1.29 is 33.1 Å². The van der Waals surface area contributed by atoms with Gasteiger partial charge in [0.05, 0.1) is 17.7 Å². The summed E-state index contributed by atoms with van der Waals surface area (Å²) in [7, 11) is 1.34. The number of nitro benzene ring substituents is 1. The number of carbonyl (C=O) groups excluding carboxylic acids is 2. The molecule has 2 rings (SSSR count). The highest BCUT2D eigenvalue weighted by Crippen LogP contribution is 2.29. The summed E-state index contributed by atoms with van der Waals surface area (Å²) < 4.78 is 28.1. The molecular weight excluding hydrogens is 375 g/mol. The smallest absolute Gasteiger partial charge is 0.344 e. The number of hydrogen-bond donors (Lipinski definition) is 1. The van der Waals surface area contributed by atoms with Crippen molar-refractivity contribution in [2.45, 2.75) is 13.0 Å². The molecule has 1 amide bonds. The molecule has 1 atom stereocenters. The Morgan fingerprint density at radius 1 is 1.25 bits per heavy atom. The Hall–Kier alpha value is -3.69. The maximum Gasteiger partial charge on any atom is 0.344 e. The van der Waals surface area contributed by atoms with E-state index >= 15 is 0 Å². The molecule has 148 valence electrons. The largest absolute Gasteiger partial charge is 0.495 e. The summed E-state index contributed by atoms with van der Waals surface area (Å²) in [6, 6.07) is 8.87. The van der Waals surface area contributed by atoms with Crippen molar-refractivity contribution in [3.8, 4) is 11.5 Å². The number of amides is 1. The summed E-state index contributed by atoms with van der Waals surface area (Å²) in [5, 5.41) is 13.3.